The van der Waals surface area contributed by atoms with Gasteiger partial charge in [0.15, 0.2) is 23.1 Å². The van der Waals surface area contributed by atoms with Crippen LogP contribution in [0.3, 0.4) is 0 Å². The number of aromatic nitrogens is 1. The highest BCUT2D eigenvalue weighted by Gasteiger charge is 2.42. The zero-order valence-electron chi connectivity index (χ0n) is 22.7. The molecule has 2 amide bonds. The number of amides is 2. The lowest BCUT2D eigenvalue weighted by Crippen LogP contribution is -2.57. The van der Waals surface area contributed by atoms with Crippen molar-refractivity contribution in [1.82, 2.24) is 14.8 Å². The van der Waals surface area contributed by atoms with Crippen molar-refractivity contribution in [3.05, 3.63) is 76.6 Å². The van der Waals surface area contributed by atoms with Gasteiger partial charge in [-0.3, -0.25) is 14.6 Å². The number of hydrogen-bond donors (Lipinski definition) is 1. The third-order valence-electron chi connectivity index (χ3n) is 7.28. The number of aromatic hydroxyl groups is 1. The SMILES string of the molecule is C=CC(=O)N1CCN2C(=O)c3c(Oc4c(C)ccnc4C(C)C)c(F)c(-c4c(O)cccc4F)c(Cl)c3OC[C@@H]2C1. The molecule has 0 saturated carbocycles. The fourth-order valence-corrected chi connectivity index (χ4v) is 5.51. The van der Waals surface area contributed by atoms with E-state index in [0.717, 1.165) is 6.07 Å². The number of carbonyl (C=O) groups is 2. The van der Waals surface area contributed by atoms with E-state index in [2.05, 4.69) is 11.6 Å². The van der Waals surface area contributed by atoms with Crippen LogP contribution in [0.15, 0.2) is 43.1 Å². The van der Waals surface area contributed by atoms with E-state index in [1.165, 1.54) is 28.0 Å². The molecule has 1 atom stereocenters. The normalized spacial score (nSPS) is 16.6. The van der Waals surface area contributed by atoms with Crippen LogP contribution in [0, 0.1) is 18.6 Å². The predicted molar refractivity (Wildman–Crippen MR) is 149 cm³/mol. The molecule has 2 aromatic carbocycles. The summed E-state index contributed by atoms with van der Waals surface area (Å²) in [7, 11) is 0. The van der Waals surface area contributed by atoms with Crippen molar-refractivity contribution < 1.29 is 33.0 Å². The summed E-state index contributed by atoms with van der Waals surface area (Å²) in [6.45, 7) is 9.49. The Labute approximate surface area is 240 Å². The summed E-state index contributed by atoms with van der Waals surface area (Å²) in [5.74, 6) is -4.21. The number of benzene rings is 2. The smallest absolute Gasteiger partial charge is 0.262 e. The van der Waals surface area contributed by atoms with E-state index in [-0.39, 0.29) is 55.1 Å². The lowest BCUT2D eigenvalue weighted by atomic mass is 9.98. The highest BCUT2D eigenvalue weighted by Crippen LogP contribution is 2.51. The molecule has 41 heavy (non-hydrogen) atoms. The maximum absolute atomic E-state index is 16.7. The first kappa shape index (κ1) is 28.4. The van der Waals surface area contributed by atoms with Crippen molar-refractivity contribution in [2.45, 2.75) is 32.7 Å². The average Bonchev–Trinajstić information content (AvgIpc) is 3.09. The molecule has 3 heterocycles. The molecule has 1 saturated heterocycles. The second-order valence-electron chi connectivity index (χ2n) is 10.2. The van der Waals surface area contributed by atoms with Crippen molar-refractivity contribution in [2.24, 2.45) is 0 Å². The lowest BCUT2D eigenvalue weighted by molar-refractivity contribution is -0.128. The third kappa shape index (κ3) is 4.86. The number of aryl methyl sites for hydroxylation is 1. The molecule has 1 N–H and O–H groups in total. The molecule has 0 bridgehead atoms. The van der Waals surface area contributed by atoms with Crippen LogP contribution in [0.4, 0.5) is 8.78 Å². The second-order valence-corrected chi connectivity index (χ2v) is 10.6. The minimum atomic E-state index is -1.15. The second kappa shape index (κ2) is 11.0. The van der Waals surface area contributed by atoms with Crippen LogP contribution in [-0.2, 0) is 4.79 Å². The number of nitrogens with zero attached hydrogens (tertiary/aromatic N) is 3. The summed E-state index contributed by atoms with van der Waals surface area (Å²) in [6.07, 6.45) is 2.79. The van der Waals surface area contributed by atoms with Crippen molar-refractivity contribution in [3.8, 4) is 34.1 Å². The largest absolute Gasteiger partial charge is 0.507 e. The van der Waals surface area contributed by atoms with Gasteiger partial charge in [-0.1, -0.05) is 38.1 Å². The lowest BCUT2D eigenvalue weighted by Gasteiger charge is -2.39. The van der Waals surface area contributed by atoms with Crippen LogP contribution >= 0.6 is 11.6 Å². The van der Waals surface area contributed by atoms with Gasteiger partial charge < -0.3 is 24.4 Å². The fraction of sp³-hybridized carbons (Fsp3) is 0.300. The summed E-state index contributed by atoms with van der Waals surface area (Å²) in [5, 5.41) is 10.1. The first-order valence-corrected chi connectivity index (χ1v) is 13.4. The number of halogens is 3. The third-order valence-corrected chi connectivity index (χ3v) is 7.64. The number of piperazine rings is 1. The van der Waals surface area contributed by atoms with Crippen LogP contribution in [0.25, 0.3) is 11.1 Å². The number of phenols is 1. The van der Waals surface area contributed by atoms with Crippen molar-refractivity contribution in [1.29, 1.82) is 0 Å². The van der Waals surface area contributed by atoms with Gasteiger partial charge in [-0.2, -0.15) is 0 Å². The average molecular weight is 584 g/mol. The van der Waals surface area contributed by atoms with E-state index in [4.69, 9.17) is 21.1 Å². The highest BCUT2D eigenvalue weighted by molar-refractivity contribution is 6.36. The van der Waals surface area contributed by atoms with E-state index >= 15 is 8.78 Å². The Bertz CT molecular complexity index is 1560. The van der Waals surface area contributed by atoms with Crippen LogP contribution in [0.5, 0.6) is 23.0 Å². The van der Waals surface area contributed by atoms with Gasteiger partial charge in [0.05, 0.1) is 27.9 Å². The maximum Gasteiger partial charge on any atom is 0.262 e. The molecule has 0 unspecified atom stereocenters. The quantitative estimate of drug-likeness (QED) is 0.379. The van der Waals surface area contributed by atoms with Crippen LogP contribution in [-0.4, -0.2) is 64.0 Å². The zero-order valence-corrected chi connectivity index (χ0v) is 23.5. The molecule has 214 valence electrons. The van der Waals surface area contributed by atoms with Gasteiger partial charge in [-0.05, 0) is 42.7 Å². The molecule has 5 rings (SSSR count). The van der Waals surface area contributed by atoms with Gasteiger partial charge in [0.2, 0.25) is 5.91 Å². The first-order chi connectivity index (χ1) is 19.5. The summed E-state index contributed by atoms with van der Waals surface area (Å²) in [4.78, 5) is 33.8. The molecule has 0 aliphatic carbocycles. The van der Waals surface area contributed by atoms with Crippen LogP contribution in [0.1, 0.15) is 41.4 Å². The van der Waals surface area contributed by atoms with Crippen LogP contribution in [0.2, 0.25) is 5.02 Å². The molecule has 11 heteroatoms. The molecular formula is C30H28ClF2N3O5. The van der Waals surface area contributed by atoms with E-state index < -0.39 is 51.2 Å². The van der Waals surface area contributed by atoms with Crippen molar-refractivity contribution in [2.75, 3.05) is 26.2 Å². The number of hydrogen-bond acceptors (Lipinski definition) is 6. The number of phenolic OH excluding ortho intramolecular Hbond substituents is 1. The fourth-order valence-electron chi connectivity index (χ4n) is 5.18. The molecular weight excluding hydrogens is 556 g/mol. The first-order valence-electron chi connectivity index (χ1n) is 13.1. The zero-order chi connectivity index (χ0) is 29.6. The Morgan fingerprint density at radius 1 is 1.22 bits per heavy atom. The predicted octanol–water partition coefficient (Wildman–Crippen LogP) is 5.84. The van der Waals surface area contributed by atoms with Gasteiger partial charge in [-0.25, -0.2) is 8.78 Å². The van der Waals surface area contributed by atoms with Crippen molar-refractivity contribution >= 4 is 23.4 Å². The van der Waals surface area contributed by atoms with Gasteiger partial charge in [0, 0.05) is 25.8 Å². The Morgan fingerprint density at radius 2 is 1.98 bits per heavy atom. The molecule has 1 fully saturated rings. The summed E-state index contributed by atoms with van der Waals surface area (Å²) in [5.41, 5.74) is -0.162. The minimum absolute atomic E-state index is 0.0870. The molecule has 3 aromatic rings. The molecule has 0 radical (unpaired) electrons. The molecule has 2 aliphatic rings. The van der Waals surface area contributed by atoms with Gasteiger partial charge in [-0.15, -0.1) is 0 Å². The van der Waals surface area contributed by atoms with Gasteiger partial charge in [0.25, 0.3) is 5.91 Å². The molecule has 1 aromatic heterocycles. The summed E-state index contributed by atoms with van der Waals surface area (Å²) in [6, 6.07) is 4.61. The number of rotatable bonds is 5. The molecule has 0 spiro atoms. The molecule has 8 nitrogen and oxygen atoms in total. The number of pyridine rings is 1. The van der Waals surface area contributed by atoms with E-state index in [1.807, 2.05) is 13.8 Å². The monoisotopic (exact) mass is 583 g/mol. The summed E-state index contributed by atoms with van der Waals surface area (Å²) < 4.78 is 44.0. The van der Waals surface area contributed by atoms with Crippen molar-refractivity contribution in [3.63, 3.8) is 0 Å². The van der Waals surface area contributed by atoms with Gasteiger partial charge in [0.1, 0.15) is 23.7 Å². The number of carbonyl (C=O) groups excluding carboxylic acids is 2. The number of fused-ring (bicyclic) bond motifs is 2. The Morgan fingerprint density at radius 3 is 2.66 bits per heavy atom. The van der Waals surface area contributed by atoms with Gasteiger partial charge >= 0.3 is 0 Å². The van der Waals surface area contributed by atoms with E-state index in [9.17, 15) is 14.7 Å². The van der Waals surface area contributed by atoms with E-state index in [0.29, 0.717) is 11.3 Å². The Kier molecular flexibility index (Phi) is 7.61. The topological polar surface area (TPSA) is 92.2 Å². The Hall–Kier alpha value is -4.18. The minimum Gasteiger partial charge on any atom is -0.507 e. The molecule has 2 aliphatic heterocycles. The number of ether oxygens (including phenoxy) is 2. The van der Waals surface area contributed by atoms with E-state index in [1.54, 1.807) is 19.2 Å². The standard InChI is InChI=1S/C30H28ClF2N3O5/c1-5-20(38)35-11-12-36-17(13-35)14-40-28-23(30(36)39)29(41-27-16(4)9-10-34-26(27)15(2)3)25(33)22(24(28)31)21-18(32)7-6-8-19(21)37/h5-10,15,17,37H,1,11-14H2,2-4H3/t17-/m0/s1. The Balaban J connectivity index is 1.75. The van der Waals surface area contributed by atoms with Crippen LogP contribution < -0.4 is 9.47 Å². The summed E-state index contributed by atoms with van der Waals surface area (Å²) >= 11 is 6.68. The highest BCUT2D eigenvalue weighted by atomic mass is 35.5. The maximum atomic E-state index is 16.7.